The van der Waals surface area contributed by atoms with Gasteiger partial charge in [0, 0.05) is 18.3 Å². The Hall–Kier alpha value is -2.15. The van der Waals surface area contributed by atoms with E-state index in [0.717, 1.165) is 14.1 Å². The summed E-state index contributed by atoms with van der Waals surface area (Å²) in [6.45, 7) is 5.43. The largest absolute Gasteiger partial charge is 0.355 e. The average Bonchev–Trinajstić information content (AvgIpc) is 2.99. The normalized spacial score (nSPS) is 11.6. The van der Waals surface area contributed by atoms with Crippen LogP contribution in [0.4, 0.5) is 5.69 Å². The molecule has 0 aliphatic carbocycles. The highest BCUT2D eigenvalue weighted by Crippen LogP contribution is 2.20. The van der Waals surface area contributed by atoms with Gasteiger partial charge in [-0.05, 0) is 36.4 Å². The van der Waals surface area contributed by atoms with Crippen LogP contribution in [0.5, 0.6) is 0 Å². The molecule has 132 valence electrons. The summed E-state index contributed by atoms with van der Waals surface area (Å²) in [5.74, 6) is -0.307. The Morgan fingerprint density at radius 1 is 1.32 bits per heavy atom. The van der Waals surface area contributed by atoms with Crippen molar-refractivity contribution in [3.8, 4) is 0 Å². The fourth-order valence-electron chi connectivity index (χ4n) is 2.42. The Balaban J connectivity index is 1.98. The van der Waals surface area contributed by atoms with Crippen molar-refractivity contribution in [2.45, 2.75) is 6.54 Å². The van der Waals surface area contributed by atoms with Crippen LogP contribution >= 0.6 is 22.9 Å². The molecule has 0 spiro atoms. The lowest BCUT2D eigenvalue weighted by Crippen LogP contribution is -3.11. The molecule has 0 aliphatic heterocycles. The minimum atomic E-state index is -0.190. The van der Waals surface area contributed by atoms with Crippen LogP contribution in [-0.2, 0) is 11.3 Å². The van der Waals surface area contributed by atoms with Gasteiger partial charge in [-0.3, -0.25) is 9.59 Å². The summed E-state index contributed by atoms with van der Waals surface area (Å²) in [6, 6.07) is 10.7. The number of carbonyl (C=O) groups is 2. The first-order chi connectivity index (χ1) is 12.0. The van der Waals surface area contributed by atoms with E-state index in [1.54, 1.807) is 37.4 Å². The van der Waals surface area contributed by atoms with Crippen LogP contribution in [-0.4, -0.2) is 32.0 Å². The lowest BCUT2D eigenvalue weighted by molar-refractivity contribution is -0.899. The van der Waals surface area contributed by atoms with Gasteiger partial charge in [0.2, 0.25) is 0 Å². The molecule has 0 saturated heterocycles. The van der Waals surface area contributed by atoms with Crippen LogP contribution in [0.2, 0.25) is 4.34 Å². The maximum absolute atomic E-state index is 12.4. The minimum absolute atomic E-state index is 0.117. The van der Waals surface area contributed by atoms with Gasteiger partial charge in [0.15, 0.2) is 6.54 Å². The molecule has 1 aromatic carbocycles. The molecule has 7 heteroatoms. The Labute approximate surface area is 156 Å². The standard InChI is InChI=1S/C18H20ClN3O2S/c1-3-9-22(11-15-7-8-16(19)25-15)12-17(23)21-14-6-4-5-13(10-14)18(24)20-2/h3-8,10H,1,9,11-12H2,2H3,(H,20,24)(H,21,23)/p+1. The monoisotopic (exact) mass is 378 g/mol. The number of halogens is 1. The molecule has 0 aliphatic rings. The molecule has 0 radical (unpaired) electrons. The predicted molar refractivity (Wildman–Crippen MR) is 102 cm³/mol. The number of rotatable bonds is 8. The smallest absolute Gasteiger partial charge is 0.279 e. The highest BCUT2D eigenvalue weighted by molar-refractivity contribution is 7.16. The van der Waals surface area contributed by atoms with Gasteiger partial charge < -0.3 is 15.5 Å². The number of carbonyl (C=O) groups excluding carboxylic acids is 2. The van der Waals surface area contributed by atoms with Gasteiger partial charge >= 0.3 is 0 Å². The molecular formula is C18H21ClN3O2S+. The van der Waals surface area contributed by atoms with E-state index in [4.69, 9.17) is 11.6 Å². The van der Waals surface area contributed by atoms with Crippen molar-refractivity contribution in [1.29, 1.82) is 0 Å². The van der Waals surface area contributed by atoms with Crippen LogP contribution in [0, 0.1) is 0 Å². The topological polar surface area (TPSA) is 62.6 Å². The molecule has 1 unspecified atom stereocenters. The van der Waals surface area contributed by atoms with Crippen molar-refractivity contribution >= 4 is 40.4 Å². The zero-order valence-electron chi connectivity index (χ0n) is 14.0. The zero-order valence-corrected chi connectivity index (χ0v) is 15.5. The van der Waals surface area contributed by atoms with Crippen molar-refractivity contribution in [3.05, 3.63) is 63.8 Å². The van der Waals surface area contributed by atoms with Gasteiger partial charge in [0.1, 0.15) is 6.54 Å². The first-order valence-electron chi connectivity index (χ1n) is 7.82. The number of hydrogen-bond acceptors (Lipinski definition) is 3. The Morgan fingerprint density at radius 2 is 2.12 bits per heavy atom. The number of anilines is 1. The van der Waals surface area contributed by atoms with Crippen molar-refractivity contribution in [2.75, 3.05) is 25.5 Å². The van der Waals surface area contributed by atoms with Gasteiger partial charge in [0.05, 0.1) is 15.8 Å². The molecule has 5 nitrogen and oxygen atoms in total. The number of thiophene rings is 1. The Morgan fingerprint density at radius 3 is 2.76 bits per heavy atom. The molecule has 1 aromatic heterocycles. The van der Waals surface area contributed by atoms with Gasteiger partial charge in [-0.1, -0.05) is 24.2 Å². The Kier molecular flexibility index (Phi) is 7.18. The number of quaternary nitrogens is 1. The van der Waals surface area contributed by atoms with E-state index < -0.39 is 0 Å². The Bertz CT molecular complexity index is 760. The second-order valence-electron chi connectivity index (χ2n) is 5.51. The molecule has 0 fully saturated rings. The zero-order chi connectivity index (χ0) is 18.2. The third-order valence-electron chi connectivity index (χ3n) is 3.53. The quantitative estimate of drug-likeness (QED) is 0.615. The van der Waals surface area contributed by atoms with Crippen LogP contribution in [0.25, 0.3) is 0 Å². The fraction of sp³-hybridized carbons (Fsp3) is 0.222. The summed E-state index contributed by atoms with van der Waals surface area (Å²) in [5.41, 5.74) is 1.10. The summed E-state index contributed by atoms with van der Waals surface area (Å²) < 4.78 is 0.739. The average molecular weight is 379 g/mol. The van der Waals surface area contributed by atoms with Gasteiger partial charge in [-0.15, -0.1) is 11.3 Å². The van der Waals surface area contributed by atoms with Crippen LogP contribution < -0.4 is 15.5 Å². The first kappa shape index (κ1) is 19.2. The van der Waals surface area contributed by atoms with E-state index in [2.05, 4.69) is 17.2 Å². The molecule has 3 N–H and O–H groups in total. The molecule has 2 rings (SSSR count). The van der Waals surface area contributed by atoms with E-state index in [1.807, 2.05) is 12.1 Å². The van der Waals surface area contributed by atoms with Gasteiger partial charge in [-0.2, -0.15) is 0 Å². The number of amides is 2. The van der Waals surface area contributed by atoms with Crippen molar-refractivity contribution in [3.63, 3.8) is 0 Å². The number of benzene rings is 1. The molecule has 25 heavy (non-hydrogen) atoms. The molecule has 2 amide bonds. The lowest BCUT2D eigenvalue weighted by atomic mass is 10.2. The number of nitrogens with one attached hydrogen (secondary N) is 3. The SMILES string of the molecule is C=CC[NH+](CC(=O)Nc1cccc(C(=O)NC)c1)Cc1ccc(Cl)s1. The fourth-order valence-corrected chi connectivity index (χ4v) is 3.58. The first-order valence-corrected chi connectivity index (χ1v) is 9.02. The van der Waals surface area contributed by atoms with Crippen LogP contribution in [0.1, 0.15) is 15.2 Å². The van der Waals surface area contributed by atoms with Crippen LogP contribution in [0.15, 0.2) is 49.1 Å². The minimum Gasteiger partial charge on any atom is -0.355 e. The van der Waals surface area contributed by atoms with Crippen molar-refractivity contribution < 1.29 is 14.5 Å². The van der Waals surface area contributed by atoms with E-state index in [9.17, 15) is 9.59 Å². The van der Waals surface area contributed by atoms with Gasteiger partial charge in [-0.25, -0.2) is 0 Å². The molecule has 2 aromatic rings. The predicted octanol–water partition coefficient (Wildman–Crippen LogP) is 1.97. The molecular weight excluding hydrogens is 358 g/mol. The van der Waals surface area contributed by atoms with Crippen molar-refractivity contribution in [2.24, 2.45) is 0 Å². The summed E-state index contributed by atoms with van der Waals surface area (Å²) >= 11 is 7.48. The second-order valence-corrected chi connectivity index (χ2v) is 7.31. The van der Waals surface area contributed by atoms with E-state index in [-0.39, 0.29) is 11.8 Å². The summed E-state index contributed by atoms with van der Waals surface area (Å²) in [7, 11) is 1.57. The number of hydrogen-bond donors (Lipinski definition) is 3. The summed E-state index contributed by atoms with van der Waals surface area (Å²) in [5, 5.41) is 5.41. The summed E-state index contributed by atoms with van der Waals surface area (Å²) in [4.78, 5) is 26.2. The second kappa shape index (κ2) is 9.36. The van der Waals surface area contributed by atoms with Gasteiger partial charge in [0.25, 0.3) is 11.8 Å². The third kappa shape index (κ3) is 6.01. The lowest BCUT2D eigenvalue weighted by Gasteiger charge is -2.17. The highest BCUT2D eigenvalue weighted by atomic mass is 35.5. The third-order valence-corrected chi connectivity index (χ3v) is 4.76. The molecule has 0 bridgehead atoms. The summed E-state index contributed by atoms with van der Waals surface area (Å²) in [6.07, 6.45) is 1.80. The van der Waals surface area contributed by atoms with E-state index in [0.29, 0.717) is 30.9 Å². The molecule has 1 atom stereocenters. The maximum Gasteiger partial charge on any atom is 0.279 e. The maximum atomic E-state index is 12.4. The van der Waals surface area contributed by atoms with E-state index in [1.165, 1.54) is 11.3 Å². The molecule has 1 heterocycles. The van der Waals surface area contributed by atoms with Crippen LogP contribution in [0.3, 0.4) is 0 Å². The highest BCUT2D eigenvalue weighted by Gasteiger charge is 2.15. The molecule has 0 saturated carbocycles. The van der Waals surface area contributed by atoms with E-state index >= 15 is 0 Å². The van der Waals surface area contributed by atoms with Crippen molar-refractivity contribution in [1.82, 2.24) is 5.32 Å².